The van der Waals surface area contributed by atoms with E-state index in [9.17, 15) is 39.9 Å². The van der Waals surface area contributed by atoms with Crippen molar-refractivity contribution in [2.45, 2.75) is 101 Å². The number of phenolic OH excluding ortho intramolecular Hbond substituents is 2. The van der Waals surface area contributed by atoms with E-state index in [4.69, 9.17) is 19.9 Å². The SMILES string of the molecule is COc1cccc2c1C(=O)c1c(O)c3c(c(O)c1C2=O)C[C@@](O)(C(=O)CO)CC3O[C@H]1C[C@@H](NCCCCNCCCCNCCCCN)[C@@H](O)C(C)O1. The summed E-state index contributed by atoms with van der Waals surface area (Å²) in [6.45, 7) is 5.83. The summed E-state index contributed by atoms with van der Waals surface area (Å²) in [5.74, 6) is -3.69. The molecule has 2 aromatic carbocycles. The number of carbonyl (C=O) groups is 3. The van der Waals surface area contributed by atoms with Crippen LogP contribution in [0.4, 0.5) is 0 Å². The number of nitrogens with one attached hydrogen (secondary N) is 3. The van der Waals surface area contributed by atoms with Gasteiger partial charge < -0.3 is 61.4 Å². The monoisotopic (exact) mass is 756 g/mol. The molecule has 5 rings (SSSR count). The highest BCUT2D eigenvalue weighted by Crippen LogP contribution is 2.52. The molecule has 6 atom stereocenters. The predicted octanol–water partition coefficient (Wildman–Crippen LogP) is 1.11. The van der Waals surface area contributed by atoms with Gasteiger partial charge in [-0.05, 0) is 90.8 Å². The number of hydrogen-bond acceptors (Lipinski definition) is 15. The molecule has 0 radical (unpaired) electrons. The maximum atomic E-state index is 13.9. The summed E-state index contributed by atoms with van der Waals surface area (Å²) in [7, 11) is 1.34. The molecule has 0 aromatic heterocycles. The van der Waals surface area contributed by atoms with Crippen molar-refractivity contribution in [1.29, 1.82) is 0 Å². The van der Waals surface area contributed by atoms with Crippen molar-refractivity contribution in [3.8, 4) is 17.2 Å². The van der Waals surface area contributed by atoms with Gasteiger partial charge in [-0.15, -0.1) is 0 Å². The topological polar surface area (TPSA) is 242 Å². The third-order valence-corrected chi connectivity index (χ3v) is 10.7. The largest absolute Gasteiger partial charge is 0.507 e. The maximum absolute atomic E-state index is 13.9. The highest BCUT2D eigenvalue weighted by Gasteiger charge is 2.50. The average Bonchev–Trinajstić information content (AvgIpc) is 3.16. The number of aromatic hydroxyl groups is 2. The van der Waals surface area contributed by atoms with Gasteiger partial charge in [-0.3, -0.25) is 14.4 Å². The van der Waals surface area contributed by atoms with Gasteiger partial charge in [0, 0.05) is 42.0 Å². The van der Waals surface area contributed by atoms with Crippen LogP contribution in [0.5, 0.6) is 17.2 Å². The molecule has 3 aliphatic rings. The Morgan fingerprint density at radius 3 is 2.20 bits per heavy atom. The number of unbranched alkanes of at least 4 members (excludes halogenated alkanes) is 3. The van der Waals surface area contributed by atoms with Gasteiger partial charge in [-0.1, -0.05) is 12.1 Å². The van der Waals surface area contributed by atoms with Crippen LogP contribution in [0.1, 0.15) is 107 Å². The van der Waals surface area contributed by atoms with E-state index >= 15 is 0 Å². The molecule has 15 nitrogen and oxygen atoms in total. The number of ketones is 3. The van der Waals surface area contributed by atoms with Crippen LogP contribution >= 0.6 is 0 Å². The Morgan fingerprint density at radius 1 is 0.944 bits per heavy atom. The van der Waals surface area contributed by atoms with Crippen LogP contribution in [0.2, 0.25) is 0 Å². The van der Waals surface area contributed by atoms with Crippen molar-refractivity contribution in [1.82, 2.24) is 16.0 Å². The molecule has 15 heteroatoms. The number of hydrogen-bond donors (Lipinski definition) is 9. The fourth-order valence-electron chi connectivity index (χ4n) is 7.73. The molecule has 0 bridgehead atoms. The van der Waals surface area contributed by atoms with Crippen molar-refractivity contribution in [2.24, 2.45) is 5.73 Å². The van der Waals surface area contributed by atoms with Crippen LogP contribution in [0, 0.1) is 0 Å². The number of aliphatic hydroxyl groups excluding tert-OH is 2. The zero-order valence-corrected chi connectivity index (χ0v) is 31.2. The lowest BCUT2D eigenvalue weighted by molar-refractivity contribution is -0.249. The van der Waals surface area contributed by atoms with Crippen molar-refractivity contribution < 1.29 is 54.1 Å². The summed E-state index contributed by atoms with van der Waals surface area (Å²) in [4.78, 5) is 40.6. The third-order valence-electron chi connectivity index (χ3n) is 10.7. The Morgan fingerprint density at radius 2 is 1.57 bits per heavy atom. The molecule has 54 heavy (non-hydrogen) atoms. The first kappa shape index (κ1) is 41.6. The van der Waals surface area contributed by atoms with Gasteiger partial charge in [0.05, 0.1) is 42.1 Å². The summed E-state index contributed by atoms with van der Waals surface area (Å²) in [5.41, 5.74) is 1.98. The van der Waals surface area contributed by atoms with E-state index in [-0.39, 0.29) is 34.4 Å². The lowest BCUT2D eigenvalue weighted by atomic mass is 9.72. The van der Waals surface area contributed by atoms with Gasteiger partial charge in [-0.2, -0.15) is 0 Å². The molecule has 2 aliphatic carbocycles. The van der Waals surface area contributed by atoms with E-state index in [1.165, 1.54) is 25.3 Å². The second-order valence-electron chi connectivity index (χ2n) is 14.5. The minimum atomic E-state index is -2.25. The first-order chi connectivity index (χ1) is 26.0. The standard InChI is InChI=1S/C39H56N4O11/c1-22-34(46)25(43-17-8-7-16-42-15-6-5-14-41-13-4-3-12-40)18-29(53-22)54-27-20-39(51,28(45)21-44)19-24-31(27)38(50)33-32(36(24)48)35(47)23-10-9-11-26(52-2)30(23)37(33)49/h9-11,22,25,27,29,34,41-44,46,48,50-51H,3-8,12-21,40H2,1-2H3/t22?,25-,27?,29+,34+,39+/m1/s1. The maximum Gasteiger partial charge on any atom is 0.202 e. The molecule has 0 spiro atoms. The second-order valence-corrected chi connectivity index (χ2v) is 14.5. The summed E-state index contributed by atoms with van der Waals surface area (Å²) >= 11 is 0. The first-order valence-corrected chi connectivity index (χ1v) is 19.0. The van der Waals surface area contributed by atoms with Gasteiger partial charge in [0.2, 0.25) is 5.78 Å². The summed E-state index contributed by atoms with van der Waals surface area (Å²) in [6, 6.07) is 3.98. The summed E-state index contributed by atoms with van der Waals surface area (Å²) in [5, 5.41) is 65.9. The Labute approximate surface area is 315 Å². The van der Waals surface area contributed by atoms with Gasteiger partial charge >= 0.3 is 0 Å². The van der Waals surface area contributed by atoms with Gasteiger partial charge in [0.25, 0.3) is 0 Å². The van der Waals surface area contributed by atoms with Crippen LogP contribution in [0.3, 0.4) is 0 Å². The van der Waals surface area contributed by atoms with Gasteiger partial charge in [0.1, 0.15) is 29.5 Å². The number of phenols is 2. The smallest absolute Gasteiger partial charge is 0.202 e. The zero-order chi connectivity index (χ0) is 39.0. The molecule has 298 valence electrons. The number of aliphatic hydroxyl groups is 3. The molecule has 1 saturated heterocycles. The van der Waals surface area contributed by atoms with E-state index in [0.29, 0.717) is 6.54 Å². The zero-order valence-electron chi connectivity index (χ0n) is 31.2. The molecular formula is C39H56N4O11. The van der Waals surface area contributed by atoms with E-state index in [1.807, 2.05) is 0 Å². The number of methoxy groups -OCH3 is 1. The number of Topliss-reactive ketones (excluding diaryl/α,β-unsaturated/α-hetero) is 1. The van der Waals surface area contributed by atoms with E-state index < -0.39 is 95.7 Å². The molecule has 1 aliphatic heterocycles. The highest BCUT2D eigenvalue weighted by atomic mass is 16.7. The summed E-state index contributed by atoms with van der Waals surface area (Å²) < 4.78 is 17.7. The highest BCUT2D eigenvalue weighted by molar-refractivity contribution is 6.31. The number of carbonyl (C=O) groups excluding carboxylic acids is 3. The average molecular weight is 757 g/mol. The lowest BCUT2D eigenvalue weighted by Gasteiger charge is -2.43. The Hall–Kier alpha value is -3.51. The summed E-state index contributed by atoms with van der Waals surface area (Å²) in [6.07, 6.45) is 1.34. The van der Waals surface area contributed by atoms with E-state index in [2.05, 4.69) is 16.0 Å². The lowest BCUT2D eigenvalue weighted by Crippen LogP contribution is -2.54. The van der Waals surface area contributed by atoms with Gasteiger partial charge in [0.15, 0.2) is 17.9 Å². The fourth-order valence-corrected chi connectivity index (χ4v) is 7.73. The number of nitrogens with two attached hydrogens (primary N) is 1. The Bertz CT molecular complexity index is 1650. The molecule has 1 fully saturated rings. The molecule has 2 aromatic rings. The van der Waals surface area contributed by atoms with Crippen molar-refractivity contribution >= 4 is 17.3 Å². The number of ether oxygens (including phenoxy) is 3. The van der Waals surface area contributed by atoms with Crippen LogP contribution in [-0.4, -0.2) is 126 Å². The second kappa shape index (κ2) is 18.9. The molecule has 1 heterocycles. The van der Waals surface area contributed by atoms with E-state index in [1.54, 1.807) is 6.92 Å². The van der Waals surface area contributed by atoms with Gasteiger partial charge in [-0.25, -0.2) is 0 Å². The number of rotatable bonds is 20. The van der Waals surface area contributed by atoms with Crippen molar-refractivity contribution in [3.05, 3.63) is 51.6 Å². The predicted molar refractivity (Wildman–Crippen MR) is 198 cm³/mol. The Kier molecular flexibility index (Phi) is 14.6. The van der Waals surface area contributed by atoms with E-state index in [0.717, 1.165) is 71.2 Å². The normalized spacial score (nSPS) is 24.9. The Balaban J connectivity index is 1.26. The molecule has 10 N–H and O–H groups in total. The minimum absolute atomic E-state index is 0.0432. The molecular weight excluding hydrogens is 700 g/mol. The van der Waals surface area contributed by atoms with Crippen LogP contribution in [0.15, 0.2) is 18.2 Å². The van der Waals surface area contributed by atoms with Crippen molar-refractivity contribution in [2.75, 3.05) is 53.0 Å². The third kappa shape index (κ3) is 8.96. The fraction of sp³-hybridized carbons (Fsp3) is 0.615. The van der Waals surface area contributed by atoms with Crippen molar-refractivity contribution in [3.63, 3.8) is 0 Å². The van der Waals surface area contributed by atoms with Crippen LogP contribution in [-0.2, 0) is 20.7 Å². The molecule has 0 saturated carbocycles. The number of fused-ring (bicyclic) bond motifs is 3. The quantitative estimate of drug-likeness (QED) is 0.0580. The van der Waals surface area contributed by atoms with Crippen LogP contribution in [0.25, 0.3) is 0 Å². The molecule has 2 unspecified atom stereocenters. The van der Waals surface area contributed by atoms with Crippen LogP contribution < -0.4 is 26.4 Å². The minimum Gasteiger partial charge on any atom is -0.507 e. The molecule has 0 amide bonds. The first-order valence-electron chi connectivity index (χ1n) is 19.0. The number of benzene rings is 2.